The third-order valence-electron chi connectivity index (χ3n) is 4.02. The van der Waals surface area contributed by atoms with Gasteiger partial charge in [-0.1, -0.05) is 0 Å². The van der Waals surface area contributed by atoms with E-state index in [1.54, 1.807) is 11.8 Å². The van der Waals surface area contributed by atoms with Crippen LogP contribution in [0, 0.1) is 5.92 Å². The molecule has 1 saturated heterocycles. The summed E-state index contributed by atoms with van der Waals surface area (Å²) in [5, 5.41) is 12.3. The van der Waals surface area contributed by atoms with E-state index in [0.29, 0.717) is 17.5 Å². The van der Waals surface area contributed by atoms with Gasteiger partial charge in [-0.15, -0.1) is 11.8 Å². The Morgan fingerprint density at radius 1 is 1.20 bits per heavy atom. The van der Waals surface area contributed by atoms with Crippen LogP contribution in [-0.4, -0.2) is 47.2 Å². The van der Waals surface area contributed by atoms with Gasteiger partial charge in [0.25, 0.3) is 0 Å². The fourth-order valence-electron chi connectivity index (χ4n) is 2.75. The van der Waals surface area contributed by atoms with Gasteiger partial charge in [0.1, 0.15) is 0 Å². The Kier molecular flexibility index (Phi) is 6.16. The van der Waals surface area contributed by atoms with Crippen LogP contribution in [0.25, 0.3) is 0 Å². The maximum absolute atomic E-state index is 11.7. The van der Waals surface area contributed by atoms with E-state index < -0.39 is 5.97 Å². The summed E-state index contributed by atoms with van der Waals surface area (Å²) in [7, 11) is 0. The second-order valence-electron chi connectivity index (χ2n) is 5.56. The zero-order valence-corrected chi connectivity index (χ0v) is 12.5. The molecule has 114 valence electrons. The Morgan fingerprint density at radius 2 is 1.95 bits per heavy atom. The Balaban J connectivity index is 1.56. The molecule has 0 aromatic carbocycles. The molecular formula is C14H23NO4S. The molecular weight excluding hydrogens is 278 g/mol. The van der Waals surface area contributed by atoms with E-state index in [0.717, 1.165) is 45.1 Å². The summed E-state index contributed by atoms with van der Waals surface area (Å²) in [6.45, 7) is 1.42. The van der Waals surface area contributed by atoms with Crippen LogP contribution in [0.15, 0.2) is 0 Å². The lowest BCUT2D eigenvalue weighted by molar-refractivity contribution is -0.142. The Hall–Kier alpha value is -0.750. The predicted molar refractivity (Wildman–Crippen MR) is 77.8 cm³/mol. The average molecular weight is 301 g/mol. The minimum Gasteiger partial charge on any atom is -0.481 e. The van der Waals surface area contributed by atoms with Gasteiger partial charge in [-0.3, -0.25) is 9.59 Å². The summed E-state index contributed by atoms with van der Waals surface area (Å²) in [5.74, 6) is -0.330. The van der Waals surface area contributed by atoms with Gasteiger partial charge in [0.15, 0.2) is 0 Å². The van der Waals surface area contributed by atoms with Gasteiger partial charge in [-0.05, 0) is 38.5 Å². The topological polar surface area (TPSA) is 75.6 Å². The first-order valence-electron chi connectivity index (χ1n) is 7.38. The van der Waals surface area contributed by atoms with Crippen LogP contribution in [0.1, 0.15) is 38.5 Å². The number of aliphatic carboxylic acids is 1. The molecule has 2 rings (SSSR count). The number of ether oxygens (including phenoxy) is 1. The normalized spacial score (nSPS) is 30.1. The van der Waals surface area contributed by atoms with Crippen LogP contribution >= 0.6 is 11.8 Å². The molecule has 0 radical (unpaired) electrons. The lowest BCUT2D eigenvalue weighted by Crippen LogP contribution is -2.33. The maximum atomic E-state index is 11.7. The van der Waals surface area contributed by atoms with Crippen molar-refractivity contribution in [3.63, 3.8) is 0 Å². The molecule has 6 heteroatoms. The fourth-order valence-corrected chi connectivity index (χ4v) is 3.85. The summed E-state index contributed by atoms with van der Waals surface area (Å²) in [6, 6.07) is 0. The first-order valence-corrected chi connectivity index (χ1v) is 8.42. The second kappa shape index (κ2) is 7.88. The van der Waals surface area contributed by atoms with Crippen LogP contribution in [0.4, 0.5) is 0 Å². The highest BCUT2D eigenvalue weighted by Crippen LogP contribution is 2.31. The molecule has 20 heavy (non-hydrogen) atoms. The average Bonchev–Trinajstić information content (AvgIpc) is 2.96. The molecule has 1 saturated carbocycles. The van der Waals surface area contributed by atoms with Crippen molar-refractivity contribution in [1.82, 2.24) is 5.32 Å². The van der Waals surface area contributed by atoms with Gasteiger partial charge < -0.3 is 15.2 Å². The molecule has 1 unspecified atom stereocenters. The fraction of sp³-hybridized carbons (Fsp3) is 0.857. The molecule has 1 aliphatic heterocycles. The van der Waals surface area contributed by atoms with Gasteiger partial charge in [-0.25, -0.2) is 0 Å². The van der Waals surface area contributed by atoms with Crippen molar-refractivity contribution in [2.24, 2.45) is 5.92 Å². The van der Waals surface area contributed by atoms with Gasteiger partial charge >= 0.3 is 5.97 Å². The Bertz CT molecular complexity index is 336. The largest absolute Gasteiger partial charge is 0.481 e. The van der Waals surface area contributed by atoms with Crippen molar-refractivity contribution in [2.45, 2.75) is 49.9 Å². The number of hydrogen-bond acceptors (Lipinski definition) is 4. The standard InChI is InChI=1S/C14H23NO4S/c16-13(15-8-11-2-1-7-19-11)9-20-12-5-3-10(4-6-12)14(17)18/h10-12H,1-9H2,(H,15,16)(H,17,18). The van der Waals surface area contributed by atoms with Crippen LogP contribution in [0.5, 0.6) is 0 Å². The van der Waals surface area contributed by atoms with Gasteiger partial charge in [0.2, 0.25) is 5.91 Å². The van der Waals surface area contributed by atoms with Crippen molar-refractivity contribution in [3.8, 4) is 0 Å². The highest BCUT2D eigenvalue weighted by molar-refractivity contribution is 8.00. The van der Waals surface area contributed by atoms with E-state index in [1.165, 1.54) is 0 Å². The van der Waals surface area contributed by atoms with Crippen LogP contribution in [0.2, 0.25) is 0 Å². The number of carboxylic acid groups (broad SMARTS) is 1. The van der Waals surface area contributed by atoms with Gasteiger partial charge in [0.05, 0.1) is 17.8 Å². The van der Waals surface area contributed by atoms with E-state index in [4.69, 9.17) is 9.84 Å². The molecule has 2 N–H and O–H groups in total. The Labute approximate surface area is 123 Å². The summed E-state index contributed by atoms with van der Waals surface area (Å²) in [4.78, 5) is 22.6. The van der Waals surface area contributed by atoms with Crippen molar-refractivity contribution in [1.29, 1.82) is 0 Å². The molecule has 0 bridgehead atoms. The second-order valence-corrected chi connectivity index (χ2v) is 6.85. The van der Waals surface area contributed by atoms with Crippen molar-refractivity contribution in [2.75, 3.05) is 18.9 Å². The number of rotatable bonds is 6. The number of amides is 1. The number of carbonyl (C=O) groups is 2. The number of thioether (sulfide) groups is 1. The summed E-state index contributed by atoms with van der Waals surface area (Å²) >= 11 is 1.66. The van der Waals surface area contributed by atoms with E-state index >= 15 is 0 Å². The third-order valence-corrected chi connectivity index (χ3v) is 5.40. The van der Waals surface area contributed by atoms with E-state index in [-0.39, 0.29) is 17.9 Å². The van der Waals surface area contributed by atoms with Gasteiger partial charge in [-0.2, -0.15) is 0 Å². The molecule has 1 amide bonds. The first-order chi connectivity index (χ1) is 9.65. The lowest BCUT2D eigenvalue weighted by Gasteiger charge is -2.25. The molecule has 1 heterocycles. The molecule has 2 fully saturated rings. The number of carboxylic acids is 1. The number of hydrogen-bond donors (Lipinski definition) is 2. The third kappa shape index (κ3) is 4.98. The molecule has 0 aromatic heterocycles. The monoisotopic (exact) mass is 301 g/mol. The first kappa shape index (κ1) is 15.6. The van der Waals surface area contributed by atoms with Crippen molar-refractivity contribution >= 4 is 23.6 Å². The summed E-state index contributed by atoms with van der Waals surface area (Å²) in [6.07, 6.45) is 5.60. The quantitative estimate of drug-likeness (QED) is 0.780. The molecule has 0 aromatic rings. The highest BCUT2D eigenvalue weighted by Gasteiger charge is 2.26. The minimum atomic E-state index is -0.678. The molecule has 5 nitrogen and oxygen atoms in total. The molecule has 2 aliphatic rings. The van der Waals surface area contributed by atoms with Crippen LogP contribution in [-0.2, 0) is 14.3 Å². The maximum Gasteiger partial charge on any atom is 0.306 e. The van der Waals surface area contributed by atoms with Crippen LogP contribution in [0.3, 0.4) is 0 Å². The van der Waals surface area contributed by atoms with Crippen molar-refractivity contribution in [3.05, 3.63) is 0 Å². The smallest absolute Gasteiger partial charge is 0.306 e. The molecule has 1 aliphatic carbocycles. The summed E-state index contributed by atoms with van der Waals surface area (Å²) < 4.78 is 5.45. The highest BCUT2D eigenvalue weighted by atomic mass is 32.2. The lowest BCUT2D eigenvalue weighted by atomic mass is 9.89. The zero-order chi connectivity index (χ0) is 14.4. The number of nitrogens with one attached hydrogen (secondary N) is 1. The minimum absolute atomic E-state index is 0.0610. The van der Waals surface area contributed by atoms with Crippen molar-refractivity contribution < 1.29 is 19.4 Å². The van der Waals surface area contributed by atoms with E-state index in [1.807, 2.05) is 0 Å². The molecule has 0 spiro atoms. The van der Waals surface area contributed by atoms with Crippen LogP contribution < -0.4 is 5.32 Å². The predicted octanol–water partition coefficient (Wildman–Crippen LogP) is 1.66. The number of carbonyl (C=O) groups excluding carboxylic acids is 1. The van der Waals surface area contributed by atoms with E-state index in [2.05, 4.69) is 5.32 Å². The summed E-state index contributed by atoms with van der Waals surface area (Å²) in [5.41, 5.74) is 0. The van der Waals surface area contributed by atoms with E-state index in [9.17, 15) is 9.59 Å². The SMILES string of the molecule is O=C(CSC1CCC(C(=O)O)CC1)NCC1CCCO1. The zero-order valence-electron chi connectivity index (χ0n) is 11.7. The molecule has 1 atom stereocenters. The van der Waals surface area contributed by atoms with Gasteiger partial charge in [0, 0.05) is 18.4 Å². The Morgan fingerprint density at radius 3 is 2.55 bits per heavy atom.